The van der Waals surface area contributed by atoms with Gasteiger partial charge in [-0.3, -0.25) is 4.98 Å². The summed E-state index contributed by atoms with van der Waals surface area (Å²) in [5.41, 5.74) is -0.234. The number of nitrogens with zero attached hydrogens (tertiary/aromatic N) is 1. The van der Waals surface area contributed by atoms with Gasteiger partial charge in [0.15, 0.2) is 0 Å². The fourth-order valence-electron chi connectivity index (χ4n) is 1.19. The zero-order chi connectivity index (χ0) is 8.39. The molecule has 1 aliphatic heterocycles. The van der Waals surface area contributed by atoms with E-state index in [2.05, 4.69) is 20.5 Å². The van der Waals surface area contributed by atoms with E-state index in [0.29, 0.717) is 5.82 Å². The zero-order valence-corrected chi connectivity index (χ0v) is 7.28. The van der Waals surface area contributed by atoms with Gasteiger partial charge in [-0.05, 0) is 0 Å². The van der Waals surface area contributed by atoms with Crippen molar-refractivity contribution in [1.29, 1.82) is 0 Å². The largest absolute Gasteiger partial charge is 0.340 e. The predicted molar refractivity (Wildman–Crippen MR) is 47.3 cm³/mol. The van der Waals surface area contributed by atoms with Gasteiger partial charge in [0.2, 0.25) is 0 Å². The molecule has 1 atom stereocenters. The van der Waals surface area contributed by atoms with Crippen LogP contribution in [-0.4, -0.2) is 33.2 Å². The van der Waals surface area contributed by atoms with Gasteiger partial charge in [0.05, 0.1) is 6.04 Å². The Morgan fingerprint density at radius 3 is 3.08 bits per heavy atom. The molecule has 1 aromatic heterocycles. The average Bonchev–Trinajstić information content (AvgIpc) is 2.54. The number of H-pyrrole nitrogens is 2. The summed E-state index contributed by atoms with van der Waals surface area (Å²) in [5, 5.41) is 9.50. The van der Waals surface area contributed by atoms with Crippen molar-refractivity contribution in [1.82, 2.24) is 20.5 Å². The molecule has 2 rings (SSSR count). The summed E-state index contributed by atoms with van der Waals surface area (Å²) < 4.78 is 0. The molecule has 0 bridgehead atoms. The van der Waals surface area contributed by atoms with Gasteiger partial charge in [-0.25, -0.2) is 9.89 Å². The lowest BCUT2D eigenvalue weighted by Gasteiger charge is -2.20. The number of hydrogen-bond donors (Lipinski definition) is 3. The molecule has 66 valence electrons. The molecule has 1 saturated heterocycles. The highest BCUT2D eigenvalue weighted by atomic mass is 32.2. The highest BCUT2D eigenvalue weighted by Gasteiger charge is 2.17. The Morgan fingerprint density at radius 2 is 2.50 bits per heavy atom. The number of aromatic nitrogens is 3. The summed E-state index contributed by atoms with van der Waals surface area (Å²) in [5.74, 6) is 2.82. The van der Waals surface area contributed by atoms with Crippen LogP contribution in [0, 0.1) is 0 Å². The smallest absolute Gasteiger partial charge is 0.306 e. The van der Waals surface area contributed by atoms with Crippen molar-refractivity contribution in [3.8, 4) is 0 Å². The summed E-state index contributed by atoms with van der Waals surface area (Å²) in [4.78, 5) is 13.4. The molecular formula is C6H10N4OS. The fraction of sp³-hybridized carbons (Fsp3) is 0.667. The fourth-order valence-corrected chi connectivity index (χ4v) is 2.13. The topological polar surface area (TPSA) is 73.6 Å². The summed E-state index contributed by atoms with van der Waals surface area (Å²) >= 11 is 1.87. The molecule has 2 heterocycles. The molecule has 1 aromatic rings. The van der Waals surface area contributed by atoms with Crippen LogP contribution >= 0.6 is 11.8 Å². The highest BCUT2D eigenvalue weighted by molar-refractivity contribution is 7.99. The van der Waals surface area contributed by atoms with Gasteiger partial charge in [0.25, 0.3) is 0 Å². The van der Waals surface area contributed by atoms with Gasteiger partial charge < -0.3 is 5.32 Å². The van der Waals surface area contributed by atoms with Gasteiger partial charge in [-0.1, -0.05) is 0 Å². The first-order chi connectivity index (χ1) is 5.86. The second-order valence-electron chi connectivity index (χ2n) is 2.64. The number of hydrogen-bond acceptors (Lipinski definition) is 4. The highest BCUT2D eigenvalue weighted by Crippen LogP contribution is 2.17. The minimum Gasteiger partial charge on any atom is -0.306 e. The summed E-state index contributed by atoms with van der Waals surface area (Å²) in [7, 11) is 0. The first-order valence-electron chi connectivity index (χ1n) is 3.82. The lowest BCUT2D eigenvalue weighted by Crippen LogP contribution is -2.31. The number of aromatic amines is 2. The summed E-state index contributed by atoms with van der Waals surface area (Å²) in [6.45, 7) is 0.976. The van der Waals surface area contributed by atoms with E-state index >= 15 is 0 Å². The van der Waals surface area contributed by atoms with Crippen molar-refractivity contribution in [2.45, 2.75) is 6.04 Å². The Balaban J connectivity index is 2.13. The van der Waals surface area contributed by atoms with E-state index in [0.717, 1.165) is 18.1 Å². The number of nitrogens with one attached hydrogen (secondary N) is 3. The molecule has 0 amide bonds. The number of thioether (sulfide) groups is 1. The van der Waals surface area contributed by atoms with Crippen molar-refractivity contribution in [2.24, 2.45) is 0 Å². The minimum absolute atomic E-state index is 0.197. The Morgan fingerprint density at radius 1 is 1.58 bits per heavy atom. The van der Waals surface area contributed by atoms with Crippen molar-refractivity contribution in [3.63, 3.8) is 0 Å². The van der Waals surface area contributed by atoms with Crippen molar-refractivity contribution in [3.05, 3.63) is 16.3 Å². The molecule has 0 saturated carbocycles. The Kier molecular flexibility index (Phi) is 2.18. The summed E-state index contributed by atoms with van der Waals surface area (Å²) in [6, 6.07) is 0.197. The molecule has 0 aliphatic carbocycles. The molecule has 3 N–H and O–H groups in total. The minimum atomic E-state index is -0.234. The van der Waals surface area contributed by atoms with Crippen LogP contribution in [0.3, 0.4) is 0 Å². The van der Waals surface area contributed by atoms with Crippen LogP contribution in [0.25, 0.3) is 0 Å². The molecule has 5 nitrogen and oxygen atoms in total. The van der Waals surface area contributed by atoms with E-state index in [1.165, 1.54) is 0 Å². The Labute approximate surface area is 73.3 Å². The van der Waals surface area contributed by atoms with E-state index in [-0.39, 0.29) is 11.7 Å². The van der Waals surface area contributed by atoms with Gasteiger partial charge in [0, 0.05) is 18.1 Å². The van der Waals surface area contributed by atoms with E-state index in [4.69, 9.17) is 0 Å². The van der Waals surface area contributed by atoms with Crippen LogP contribution in [0.5, 0.6) is 0 Å². The van der Waals surface area contributed by atoms with Gasteiger partial charge >= 0.3 is 5.69 Å². The summed E-state index contributed by atoms with van der Waals surface area (Å²) in [6.07, 6.45) is 0. The maximum absolute atomic E-state index is 10.7. The van der Waals surface area contributed by atoms with E-state index in [9.17, 15) is 4.79 Å². The van der Waals surface area contributed by atoms with Crippen LogP contribution in [-0.2, 0) is 0 Å². The molecule has 0 spiro atoms. The van der Waals surface area contributed by atoms with Crippen molar-refractivity contribution in [2.75, 3.05) is 18.1 Å². The third kappa shape index (κ3) is 1.54. The predicted octanol–water partition coefficient (Wildman–Crippen LogP) is -0.525. The number of rotatable bonds is 1. The van der Waals surface area contributed by atoms with E-state index < -0.39 is 0 Å². The third-order valence-electron chi connectivity index (χ3n) is 1.77. The molecule has 1 aliphatic rings. The zero-order valence-electron chi connectivity index (χ0n) is 6.46. The molecular weight excluding hydrogens is 176 g/mol. The van der Waals surface area contributed by atoms with Crippen LogP contribution < -0.4 is 11.0 Å². The van der Waals surface area contributed by atoms with Crippen LogP contribution in [0.1, 0.15) is 11.9 Å². The molecule has 12 heavy (non-hydrogen) atoms. The average molecular weight is 186 g/mol. The molecule has 1 unspecified atom stereocenters. The van der Waals surface area contributed by atoms with Crippen molar-refractivity contribution < 1.29 is 0 Å². The van der Waals surface area contributed by atoms with Crippen molar-refractivity contribution >= 4 is 11.8 Å². The molecule has 0 radical (unpaired) electrons. The molecule has 6 heteroatoms. The third-order valence-corrected chi connectivity index (χ3v) is 2.83. The maximum Gasteiger partial charge on any atom is 0.340 e. The lowest BCUT2D eigenvalue weighted by molar-refractivity contribution is 0.566. The Bertz CT molecular complexity index is 300. The standard InChI is InChI=1S/C6H10N4OS/c11-6-8-5(9-10-6)4-3-12-2-1-7-4/h4,7H,1-3H2,(H2,8,9,10,11). The van der Waals surface area contributed by atoms with Crippen LogP contribution in [0.15, 0.2) is 4.79 Å². The maximum atomic E-state index is 10.7. The lowest BCUT2D eigenvalue weighted by atomic mass is 10.3. The van der Waals surface area contributed by atoms with Gasteiger partial charge in [-0.15, -0.1) is 0 Å². The Hall–Kier alpha value is -0.750. The monoisotopic (exact) mass is 186 g/mol. The second-order valence-corrected chi connectivity index (χ2v) is 3.79. The quantitative estimate of drug-likeness (QED) is 0.551. The van der Waals surface area contributed by atoms with E-state index in [1.807, 2.05) is 11.8 Å². The molecule has 0 aromatic carbocycles. The normalized spacial score (nSPS) is 24.2. The second kappa shape index (κ2) is 3.32. The van der Waals surface area contributed by atoms with E-state index in [1.54, 1.807) is 0 Å². The first-order valence-corrected chi connectivity index (χ1v) is 4.97. The first kappa shape index (κ1) is 7.88. The van der Waals surface area contributed by atoms with Gasteiger partial charge in [0.1, 0.15) is 5.82 Å². The SMILES string of the molecule is O=c1[nH]nc(C2CSCCN2)[nH]1. The van der Waals surface area contributed by atoms with Crippen LogP contribution in [0.2, 0.25) is 0 Å². The van der Waals surface area contributed by atoms with Gasteiger partial charge in [-0.2, -0.15) is 16.9 Å². The molecule has 1 fully saturated rings. The van der Waals surface area contributed by atoms with Crippen LogP contribution in [0.4, 0.5) is 0 Å².